The lowest BCUT2D eigenvalue weighted by Crippen LogP contribution is -2.15. The number of rotatable bonds is 4. The van der Waals surface area contributed by atoms with Crippen molar-refractivity contribution in [2.45, 2.75) is 39.7 Å². The summed E-state index contributed by atoms with van der Waals surface area (Å²) in [7, 11) is 1.42. The van der Waals surface area contributed by atoms with Crippen molar-refractivity contribution in [3.63, 3.8) is 0 Å². The first-order chi connectivity index (χ1) is 7.15. The van der Waals surface area contributed by atoms with Gasteiger partial charge in [0, 0.05) is 11.7 Å². The van der Waals surface area contributed by atoms with Crippen LogP contribution >= 0.6 is 0 Å². The van der Waals surface area contributed by atoms with Crippen LogP contribution in [0.1, 0.15) is 49.4 Å². The van der Waals surface area contributed by atoms with Gasteiger partial charge in [-0.3, -0.25) is 0 Å². The lowest BCUT2D eigenvalue weighted by atomic mass is 10.2. The molecule has 1 atom stereocenters. The summed E-state index contributed by atoms with van der Waals surface area (Å²) in [6, 6.07) is 4.18. The Morgan fingerprint density at radius 3 is 2.60 bits per heavy atom. The van der Waals surface area contributed by atoms with Crippen molar-refractivity contribution in [3.05, 3.63) is 23.5 Å². The molecule has 0 amide bonds. The molecule has 0 saturated heterocycles. The van der Waals surface area contributed by atoms with Crippen molar-refractivity contribution >= 4 is 5.97 Å². The van der Waals surface area contributed by atoms with E-state index < -0.39 is 0 Å². The minimum atomic E-state index is -0.255. The van der Waals surface area contributed by atoms with Gasteiger partial charge < -0.3 is 9.30 Å². The number of methoxy groups -OCH3 is 1. The van der Waals surface area contributed by atoms with Crippen LogP contribution < -0.4 is 0 Å². The molecule has 0 unspecified atom stereocenters. The topological polar surface area (TPSA) is 31.2 Å². The van der Waals surface area contributed by atoms with Gasteiger partial charge in [-0.2, -0.15) is 0 Å². The highest BCUT2D eigenvalue weighted by Gasteiger charge is 2.17. The van der Waals surface area contributed by atoms with Crippen LogP contribution in [0.2, 0.25) is 0 Å². The van der Waals surface area contributed by atoms with Gasteiger partial charge in [0.25, 0.3) is 0 Å². The second-order valence-corrected chi connectivity index (χ2v) is 3.68. The van der Waals surface area contributed by atoms with Crippen molar-refractivity contribution < 1.29 is 9.53 Å². The first kappa shape index (κ1) is 11.8. The van der Waals surface area contributed by atoms with Crippen LogP contribution in [-0.4, -0.2) is 17.6 Å². The molecule has 0 aliphatic rings. The predicted octanol–water partition coefficient (Wildman–Crippen LogP) is 2.81. The van der Waals surface area contributed by atoms with Crippen LogP contribution in [0.3, 0.4) is 0 Å². The third-order valence-corrected chi connectivity index (χ3v) is 2.79. The molecule has 0 radical (unpaired) electrons. The maximum absolute atomic E-state index is 11.5. The number of hydrogen-bond acceptors (Lipinski definition) is 2. The van der Waals surface area contributed by atoms with E-state index in [1.165, 1.54) is 12.8 Å². The zero-order valence-corrected chi connectivity index (χ0v) is 9.91. The number of hydrogen-bond donors (Lipinski definition) is 0. The average Bonchev–Trinajstić information content (AvgIpc) is 2.70. The summed E-state index contributed by atoms with van der Waals surface area (Å²) in [5.41, 5.74) is 1.84. The van der Waals surface area contributed by atoms with Gasteiger partial charge in [-0.15, -0.1) is 0 Å². The Labute approximate surface area is 91.0 Å². The van der Waals surface area contributed by atoms with Crippen molar-refractivity contribution in [1.82, 2.24) is 4.57 Å². The number of esters is 1. The standard InChI is InChI=1S/C12H19NO2/c1-5-9(3)13-10(6-2)7-8-11(13)12(14)15-4/h7-9H,5-6H2,1-4H3/t9-/m1/s1. The quantitative estimate of drug-likeness (QED) is 0.714. The fourth-order valence-corrected chi connectivity index (χ4v) is 1.75. The van der Waals surface area contributed by atoms with E-state index in [1.807, 2.05) is 12.1 Å². The molecule has 84 valence electrons. The number of aromatic nitrogens is 1. The van der Waals surface area contributed by atoms with Crippen molar-refractivity contribution in [1.29, 1.82) is 0 Å². The number of aryl methyl sites for hydroxylation is 1. The van der Waals surface area contributed by atoms with Gasteiger partial charge in [-0.25, -0.2) is 4.79 Å². The molecule has 0 bridgehead atoms. The predicted molar refractivity (Wildman–Crippen MR) is 60.2 cm³/mol. The Kier molecular flexibility index (Phi) is 3.95. The smallest absolute Gasteiger partial charge is 0.354 e. The Bertz CT molecular complexity index is 341. The van der Waals surface area contributed by atoms with Crippen LogP contribution in [-0.2, 0) is 11.2 Å². The summed E-state index contributed by atoms with van der Waals surface area (Å²) < 4.78 is 6.84. The monoisotopic (exact) mass is 209 g/mol. The normalized spacial score (nSPS) is 12.5. The molecule has 0 aromatic carbocycles. The first-order valence-corrected chi connectivity index (χ1v) is 5.44. The third-order valence-electron chi connectivity index (χ3n) is 2.79. The lowest BCUT2D eigenvalue weighted by molar-refractivity contribution is 0.0585. The van der Waals surface area contributed by atoms with E-state index in [9.17, 15) is 4.79 Å². The summed E-state index contributed by atoms with van der Waals surface area (Å²) in [4.78, 5) is 11.5. The number of nitrogens with zero attached hydrogens (tertiary/aromatic N) is 1. The SMILES string of the molecule is CCc1ccc(C(=O)OC)n1[C@H](C)CC. The summed E-state index contributed by atoms with van der Waals surface area (Å²) in [5, 5.41) is 0. The van der Waals surface area contributed by atoms with E-state index in [0.717, 1.165) is 12.8 Å². The molecule has 0 aliphatic carbocycles. The molecule has 3 heteroatoms. The van der Waals surface area contributed by atoms with Crippen LogP contribution in [0.4, 0.5) is 0 Å². The highest BCUT2D eigenvalue weighted by atomic mass is 16.5. The van der Waals surface area contributed by atoms with Gasteiger partial charge in [-0.1, -0.05) is 13.8 Å². The lowest BCUT2D eigenvalue weighted by Gasteiger charge is -2.17. The summed E-state index contributed by atoms with van der Waals surface area (Å²) in [5.74, 6) is -0.255. The van der Waals surface area contributed by atoms with Crippen molar-refractivity contribution in [2.75, 3.05) is 7.11 Å². The molecule has 0 spiro atoms. The van der Waals surface area contributed by atoms with Crippen LogP contribution in [0.15, 0.2) is 12.1 Å². The van der Waals surface area contributed by atoms with E-state index in [0.29, 0.717) is 11.7 Å². The van der Waals surface area contributed by atoms with E-state index in [2.05, 4.69) is 25.3 Å². The molecular formula is C12H19NO2. The largest absolute Gasteiger partial charge is 0.464 e. The highest BCUT2D eigenvalue weighted by Crippen LogP contribution is 2.20. The van der Waals surface area contributed by atoms with Crippen LogP contribution in [0.5, 0.6) is 0 Å². The molecule has 1 aromatic heterocycles. The number of carbonyl (C=O) groups excluding carboxylic acids is 1. The van der Waals surface area contributed by atoms with Crippen molar-refractivity contribution in [3.8, 4) is 0 Å². The Morgan fingerprint density at radius 1 is 1.47 bits per heavy atom. The molecule has 15 heavy (non-hydrogen) atoms. The highest BCUT2D eigenvalue weighted by molar-refractivity contribution is 5.87. The van der Waals surface area contributed by atoms with Crippen LogP contribution in [0.25, 0.3) is 0 Å². The fraction of sp³-hybridized carbons (Fsp3) is 0.583. The molecule has 3 nitrogen and oxygen atoms in total. The molecular weight excluding hydrogens is 190 g/mol. The minimum absolute atomic E-state index is 0.255. The fourth-order valence-electron chi connectivity index (χ4n) is 1.75. The molecule has 1 heterocycles. The molecule has 0 saturated carbocycles. The summed E-state index contributed by atoms with van der Waals surface area (Å²) in [6.07, 6.45) is 1.94. The second-order valence-electron chi connectivity index (χ2n) is 3.68. The third kappa shape index (κ3) is 2.22. The van der Waals surface area contributed by atoms with E-state index in [4.69, 9.17) is 4.74 Å². The zero-order valence-electron chi connectivity index (χ0n) is 9.91. The van der Waals surface area contributed by atoms with Crippen molar-refractivity contribution in [2.24, 2.45) is 0 Å². The van der Waals surface area contributed by atoms with Gasteiger partial charge in [0.15, 0.2) is 0 Å². The van der Waals surface area contributed by atoms with E-state index >= 15 is 0 Å². The second kappa shape index (κ2) is 5.01. The molecule has 0 aliphatic heterocycles. The number of ether oxygens (including phenoxy) is 1. The van der Waals surface area contributed by atoms with Gasteiger partial charge in [0.1, 0.15) is 5.69 Å². The minimum Gasteiger partial charge on any atom is -0.464 e. The van der Waals surface area contributed by atoms with Crippen LogP contribution in [0, 0.1) is 0 Å². The Hall–Kier alpha value is -1.25. The van der Waals surface area contributed by atoms with E-state index in [1.54, 1.807) is 0 Å². The van der Waals surface area contributed by atoms with Gasteiger partial charge >= 0.3 is 5.97 Å². The first-order valence-electron chi connectivity index (χ1n) is 5.44. The molecule has 1 aromatic rings. The number of carbonyl (C=O) groups is 1. The summed E-state index contributed by atoms with van der Waals surface area (Å²) >= 11 is 0. The zero-order chi connectivity index (χ0) is 11.4. The van der Waals surface area contributed by atoms with Gasteiger partial charge in [0.2, 0.25) is 0 Å². The molecule has 0 N–H and O–H groups in total. The molecule has 0 fully saturated rings. The summed E-state index contributed by atoms with van der Waals surface area (Å²) in [6.45, 7) is 6.33. The van der Waals surface area contributed by atoms with Gasteiger partial charge in [0.05, 0.1) is 7.11 Å². The maximum Gasteiger partial charge on any atom is 0.354 e. The maximum atomic E-state index is 11.5. The molecule has 1 rings (SSSR count). The average molecular weight is 209 g/mol. The Balaban J connectivity index is 3.16. The van der Waals surface area contributed by atoms with Gasteiger partial charge in [-0.05, 0) is 31.9 Å². The Morgan fingerprint density at radius 2 is 2.13 bits per heavy atom. The van der Waals surface area contributed by atoms with E-state index in [-0.39, 0.29) is 5.97 Å².